The number of nitrogens with zero attached hydrogens (tertiary/aromatic N) is 4. The maximum Gasteiger partial charge on any atom is 0.163 e. The average molecular weight is 557 g/mol. The van der Waals surface area contributed by atoms with Crippen LogP contribution in [0.25, 0.3) is 22.2 Å². The number of benzene rings is 3. The van der Waals surface area contributed by atoms with Crippen LogP contribution in [0.4, 0.5) is 4.39 Å². The molecule has 0 radical (unpaired) electrons. The molecule has 0 spiro atoms. The van der Waals surface area contributed by atoms with E-state index in [1.54, 1.807) is 16.8 Å². The number of hydrogen-bond acceptors (Lipinski definition) is 6. The minimum Gasteiger partial charge on any atom is -0.493 e. The monoisotopic (exact) mass is 556 g/mol. The van der Waals surface area contributed by atoms with E-state index in [0.717, 1.165) is 77.1 Å². The van der Waals surface area contributed by atoms with E-state index >= 15 is 0 Å². The first-order valence-corrected chi connectivity index (χ1v) is 14.7. The molecule has 0 bridgehead atoms. The van der Waals surface area contributed by atoms with Gasteiger partial charge >= 0.3 is 0 Å². The molecule has 4 aromatic rings. The Morgan fingerprint density at radius 2 is 1.71 bits per heavy atom. The lowest BCUT2D eigenvalue weighted by Gasteiger charge is -2.25. The number of carbonyl (C=O) groups excluding carboxylic acids is 1. The number of fused-ring (bicyclic) bond motifs is 2. The fraction of sp³-hybridized carbons (Fsp3) is 0.424. The Bertz CT molecular complexity index is 1520. The van der Waals surface area contributed by atoms with Gasteiger partial charge < -0.3 is 9.47 Å². The van der Waals surface area contributed by atoms with Crippen LogP contribution in [0.3, 0.4) is 0 Å². The number of aryl methyl sites for hydroxylation is 1. The van der Waals surface area contributed by atoms with Gasteiger partial charge in [0.2, 0.25) is 0 Å². The summed E-state index contributed by atoms with van der Waals surface area (Å²) in [5.74, 6) is 2.36. The first-order chi connectivity index (χ1) is 19.9. The van der Waals surface area contributed by atoms with Gasteiger partial charge in [0.05, 0.1) is 24.3 Å². The molecular formula is C33H37FN4O3. The zero-order valence-corrected chi connectivity index (χ0v) is 24.0. The number of rotatable bonds is 10. The molecule has 1 aliphatic carbocycles. The lowest BCUT2D eigenvalue weighted by atomic mass is 9.87. The van der Waals surface area contributed by atoms with Gasteiger partial charge in [-0.3, -0.25) is 9.69 Å². The molecule has 41 heavy (non-hydrogen) atoms. The molecule has 6 rings (SSSR count). The van der Waals surface area contributed by atoms with Crippen LogP contribution in [0.1, 0.15) is 55.5 Å². The summed E-state index contributed by atoms with van der Waals surface area (Å²) in [6.07, 6.45) is 3.87. The van der Waals surface area contributed by atoms with Gasteiger partial charge in [0.15, 0.2) is 5.78 Å². The highest BCUT2D eigenvalue weighted by atomic mass is 19.1. The molecule has 3 aromatic carbocycles. The third kappa shape index (κ3) is 5.45. The van der Waals surface area contributed by atoms with Gasteiger partial charge in [0, 0.05) is 31.6 Å². The number of Topliss-reactive ketones (excluding diaryl/α,β-unsaturated/α-hetero) is 1. The SMILES string of the molecule is CCOc1cc(CN2CC[C@H]3C(CC(=O)c4ccc5c(c4)nnn5C)CC[C@H]32)cc(OCC)c1-c1ccc(F)cc1. The van der Waals surface area contributed by atoms with Crippen molar-refractivity contribution in [1.82, 2.24) is 19.9 Å². The smallest absolute Gasteiger partial charge is 0.163 e. The highest BCUT2D eigenvalue weighted by Gasteiger charge is 2.44. The Balaban J connectivity index is 1.18. The third-order valence-corrected chi connectivity index (χ3v) is 8.78. The largest absolute Gasteiger partial charge is 0.493 e. The molecule has 1 saturated heterocycles. The molecule has 1 aromatic heterocycles. The van der Waals surface area contributed by atoms with Gasteiger partial charge in [-0.25, -0.2) is 9.07 Å². The minimum atomic E-state index is -0.270. The maximum atomic E-state index is 13.6. The van der Waals surface area contributed by atoms with Crippen molar-refractivity contribution in [2.45, 2.75) is 52.1 Å². The predicted molar refractivity (Wildman–Crippen MR) is 157 cm³/mol. The minimum absolute atomic E-state index is 0.195. The molecule has 214 valence electrons. The number of halogens is 1. The average Bonchev–Trinajstić information content (AvgIpc) is 3.66. The first kappa shape index (κ1) is 27.4. The molecule has 1 aliphatic heterocycles. The van der Waals surface area contributed by atoms with Crippen molar-refractivity contribution in [3.05, 3.63) is 71.5 Å². The van der Waals surface area contributed by atoms with Crippen molar-refractivity contribution >= 4 is 16.8 Å². The second-order valence-corrected chi connectivity index (χ2v) is 11.2. The number of hydrogen-bond donors (Lipinski definition) is 0. The summed E-state index contributed by atoms with van der Waals surface area (Å²) >= 11 is 0. The van der Waals surface area contributed by atoms with Crippen LogP contribution in [0.15, 0.2) is 54.6 Å². The highest BCUT2D eigenvalue weighted by Crippen LogP contribution is 2.46. The van der Waals surface area contributed by atoms with Gasteiger partial charge in [-0.15, -0.1) is 5.10 Å². The van der Waals surface area contributed by atoms with Gasteiger partial charge in [-0.2, -0.15) is 0 Å². The lowest BCUT2D eigenvalue weighted by molar-refractivity contribution is 0.0949. The zero-order valence-electron chi connectivity index (χ0n) is 24.0. The quantitative estimate of drug-likeness (QED) is 0.209. The number of likely N-dealkylation sites (tertiary alicyclic amines) is 1. The third-order valence-electron chi connectivity index (χ3n) is 8.78. The summed E-state index contributed by atoms with van der Waals surface area (Å²) in [6, 6.07) is 16.9. The summed E-state index contributed by atoms with van der Waals surface area (Å²) in [6.45, 7) is 6.80. The van der Waals surface area contributed by atoms with Gasteiger partial charge in [-0.1, -0.05) is 17.3 Å². The molecule has 1 saturated carbocycles. The molecule has 2 heterocycles. The Labute approximate surface area is 240 Å². The molecule has 2 fully saturated rings. The molecule has 8 heteroatoms. The van der Waals surface area contributed by atoms with Crippen molar-refractivity contribution < 1.29 is 18.7 Å². The molecule has 3 atom stereocenters. The van der Waals surface area contributed by atoms with Crippen LogP contribution in [0.5, 0.6) is 11.5 Å². The molecule has 0 N–H and O–H groups in total. The summed E-state index contributed by atoms with van der Waals surface area (Å²) < 4.78 is 27.6. The number of carbonyl (C=O) groups is 1. The highest BCUT2D eigenvalue weighted by molar-refractivity contribution is 5.99. The van der Waals surface area contributed by atoms with Crippen LogP contribution in [-0.2, 0) is 13.6 Å². The summed E-state index contributed by atoms with van der Waals surface area (Å²) in [4.78, 5) is 15.8. The van der Waals surface area contributed by atoms with Crippen molar-refractivity contribution in [3.63, 3.8) is 0 Å². The van der Waals surface area contributed by atoms with E-state index < -0.39 is 0 Å². The van der Waals surface area contributed by atoms with Crippen LogP contribution >= 0.6 is 0 Å². The predicted octanol–water partition coefficient (Wildman–Crippen LogP) is 6.45. The lowest BCUT2D eigenvalue weighted by Crippen LogP contribution is -2.30. The van der Waals surface area contributed by atoms with Crippen LogP contribution in [0.2, 0.25) is 0 Å². The topological polar surface area (TPSA) is 69.5 Å². The zero-order chi connectivity index (χ0) is 28.5. The second-order valence-electron chi connectivity index (χ2n) is 11.2. The molecule has 7 nitrogen and oxygen atoms in total. The van der Waals surface area contributed by atoms with E-state index in [9.17, 15) is 9.18 Å². The summed E-state index contributed by atoms with van der Waals surface area (Å²) in [5.41, 5.74) is 5.28. The fourth-order valence-corrected chi connectivity index (χ4v) is 6.92. The number of ether oxygens (including phenoxy) is 2. The van der Waals surface area contributed by atoms with E-state index in [-0.39, 0.29) is 11.6 Å². The molecule has 2 aliphatic rings. The second kappa shape index (κ2) is 11.6. The fourth-order valence-electron chi connectivity index (χ4n) is 6.92. The summed E-state index contributed by atoms with van der Waals surface area (Å²) in [7, 11) is 1.86. The van der Waals surface area contributed by atoms with E-state index in [4.69, 9.17) is 9.47 Å². The normalized spacial score (nSPS) is 20.4. The van der Waals surface area contributed by atoms with Crippen LogP contribution in [0, 0.1) is 17.7 Å². The van der Waals surface area contributed by atoms with E-state index in [2.05, 4.69) is 27.3 Å². The van der Waals surface area contributed by atoms with Gasteiger partial charge in [0.1, 0.15) is 22.8 Å². The summed E-state index contributed by atoms with van der Waals surface area (Å²) in [5, 5.41) is 8.24. The number of aromatic nitrogens is 3. The molecular weight excluding hydrogens is 519 g/mol. The Kier molecular flexibility index (Phi) is 7.75. The number of ketones is 1. The van der Waals surface area contributed by atoms with Crippen molar-refractivity contribution in [1.29, 1.82) is 0 Å². The van der Waals surface area contributed by atoms with E-state index in [1.165, 1.54) is 12.1 Å². The van der Waals surface area contributed by atoms with Gasteiger partial charge in [0.25, 0.3) is 0 Å². The van der Waals surface area contributed by atoms with E-state index in [0.29, 0.717) is 37.5 Å². The van der Waals surface area contributed by atoms with Crippen molar-refractivity contribution in [2.75, 3.05) is 19.8 Å². The van der Waals surface area contributed by atoms with Crippen molar-refractivity contribution in [2.24, 2.45) is 18.9 Å². The maximum absolute atomic E-state index is 13.6. The Hall–Kier alpha value is -3.78. The van der Waals surface area contributed by atoms with E-state index in [1.807, 2.05) is 39.1 Å². The Morgan fingerprint density at radius 1 is 0.976 bits per heavy atom. The first-order valence-electron chi connectivity index (χ1n) is 14.7. The van der Waals surface area contributed by atoms with Crippen LogP contribution in [-0.4, -0.2) is 51.5 Å². The standard InChI is InChI=1S/C33H37FN4O3/c1-4-40-31-16-21(17-32(41-5-2)33(31)22-6-10-25(34)11-7-22)20-38-15-14-26-23(8-12-28(26)38)19-30(39)24-9-13-29-27(18-24)35-36-37(29)3/h6-7,9-11,13,16-18,23,26,28H,4-5,8,12,14-15,19-20H2,1-3H3/t23?,26-,28+/m0/s1. The molecule has 1 unspecified atom stereocenters. The Morgan fingerprint density at radius 3 is 2.41 bits per heavy atom. The van der Waals surface area contributed by atoms with Crippen molar-refractivity contribution in [3.8, 4) is 22.6 Å². The van der Waals surface area contributed by atoms with Crippen LogP contribution < -0.4 is 9.47 Å². The molecule has 0 amide bonds. The van der Waals surface area contributed by atoms with Gasteiger partial charge in [-0.05, 0) is 105 Å².